The van der Waals surface area contributed by atoms with Crippen LogP contribution in [0.4, 0.5) is 0 Å². The van der Waals surface area contributed by atoms with Crippen LogP contribution in [0.25, 0.3) is 0 Å². The van der Waals surface area contributed by atoms with E-state index in [1.165, 1.54) is 0 Å². The zero-order valence-corrected chi connectivity index (χ0v) is 11.6. The highest BCUT2D eigenvalue weighted by Crippen LogP contribution is 2.53. The van der Waals surface area contributed by atoms with E-state index in [1.54, 1.807) is 0 Å². The lowest BCUT2D eigenvalue weighted by Crippen LogP contribution is -2.06. The van der Waals surface area contributed by atoms with Crippen LogP contribution in [0.1, 0.15) is 0 Å². The Hall–Kier alpha value is 0.300. The van der Waals surface area contributed by atoms with Crippen molar-refractivity contribution in [2.45, 2.75) is 0 Å². The number of hydrogen-bond acceptors (Lipinski definition) is 2. The van der Waals surface area contributed by atoms with Gasteiger partial charge in [-0.1, -0.05) is 46.4 Å². The molecule has 1 aromatic carbocycles. The summed E-state index contributed by atoms with van der Waals surface area (Å²) < 4.78 is 10.2. The molecule has 0 saturated heterocycles. The third kappa shape index (κ3) is 1.92. The summed E-state index contributed by atoms with van der Waals surface area (Å²) in [7, 11) is 0. The second-order valence-corrected chi connectivity index (χ2v) is 4.86. The molecule has 1 aliphatic heterocycles. The van der Waals surface area contributed by atoms with Gasteiger partial charge in [-0.05, 0) is 23.2 Å². The van der Waals surface area contributed by atoms with E-state index in [-0.39, 0.29) is 42.0 Å². The Bertz CT molecular complexity index is 465. The topological polar surface area (TPSA) is 18.5 Å². The molecule has 0 saturated carbocycles. The number of ether oxygens (including phenoxy) is 2. The Morgan fingerprint density at radius 2 is 0.812 bits per heavy atom. The Kier molecular flexibility index (Phi) is 3.60. The number of fused-ring (bicyclic) bond motifs is 1. The number of halogens is 6. The highest BCUT2D eigenvalue weighted by molar-refractivity contribution is 6.53. The summed E-state index contributed by atoms with van der Waals surface area (Å²) in [5.41, 5.74) is 0. The van der Waals surface area contributed by atoms with E-state index in [1.807, 2.05) is 0 Å². The van der Waals surface area contributed by atoms with Crippen LogP contribution >= 0.6 is 69.6 Å². The Morgan fingerprint density at radius 3 is 1.12 bits per heavy atom. The standard InChI is InChI=1S/C8Cl6O2/c9-1-2(10)4(12)6-5(3(1)11)15-7(13)8(14)16-6. The van der Waals surface area contributed by atoms with E-state index < -0.39 is 0 Å². The fourth-order valence-corrected chi connectivity index (χ4v) is 2.16. The highest BCUT2D eigenvalue weighted by atomic mass is 35.5. The van der Waals surface area contributed by atoms with Gasteiger partial charge in [0.05, 0.1) is 10.0 Å². The Labute approximate surface area is 121 Å². The molecule has 0 aliphatic carbocycles. The van der Waals surface area contributed by atoms with Gasteiger partial charge in [0.1, 0.15) is 10.0 Å². The minimum absolute atomic E-state index is 0.0494. The fraction of sp³-hybridized carbons (Fsp3) is 0. The smallest absolute Gasteiger partial charge is 0.249 e. The molecular formula is C8Cl6O2. The number of benzene rings is 1. The summed E-state index contributed by atoms with van der Waals surface area (Å²) in [6, 6.07) is 0. The van der Waals surface area contributed by atoms with Crippen LogP contribution in [0, 0.1) is 0 Å². The minimum Gasteiger partial charge on any atom is -0.435 e. The molecule has 0 bridgehead atoms. The molecule has 86 valence electrons. The van der Waals surface area contributed by atoms with Gasteiger partial charge in [-0.3, -0.25) is 0 Å². The van der Waals surface area contributed by atoms with Crippen LogP contribution in [0.3, 0.4) is 0 Å². The number of rotatable bonds is 0. The summed E-state index contributed by atoms with van der Waals surface area (Å²) in [6.45, 7) is 0. The molecule has 0 aromatic heterocycles. The van der Waals surface area contributed by atoms with E-state index in [0.29, 0.717) is 0 Å². The van der Waals surface area contributed by atoms with Gasteiger partial charge in [0.2, 0.25) is 10.4 Å². The van der Waals surface area contributed by atoms with Gasteiger partial charge in [0.25, 0.3) is 0 Å². The average Bonchev–Trinajstić information content (AvgIpc) is 2.26. The van der Waals surface area contributed by atoms with Gasteiger partial charge in [-0.2, -0.15) is 0 Å². The quantitative estimate of drug-likeness (QED) is 0.447. The summed E-state index contributed by atoms with van der Waals surface area (Å²) >= 11 is 34.7. The average molecular weight is 341 g/mol. The van der Waals surface area contributed by atoms with Gasteiger partial charge in [0, 0.05) is 0 Å². The molecule has 8 heteroatoms. The molecule has 1 aliphatic rings. The zero-order chi connectivity index (χ0) is 12.0. The molecule has 0 unspecified atom stereocenters. The lowest BCUT2D eigenvalue weighted by atomic mass is 10.3. The second-order valence-electron chi connectivity index (χ2n) is 2.67. The molecule has 0 amide bonds. The fourth-order valence-electron chi connectivity index (χ4n) is 1.03. The molecule has 2 nitrogen and oxygen atoms in total. The van der Waals surface area contributed by atoms with Crippen molar-refractivity contribution in [3.05, 3.63) is 30.5 Å². The summed E-state index contributed by atoms with van der Waals surface area (Å²) in [6.07, 6.45) is 0. The third-order valence-electron chi connectivity index (χ3n) is 1.72. The monoisotopic (exact) mass is 338 g/mol. The molecule has 16 heavy (non-hydrogen) atoms. The van der Waals surface area contributed by atoms with Crippen LogP contribution in [0.2, 0.25) is 20.1 Å². The predicted octanol–water partition coefficient (Wildman–Crippen LogP) is 5.68. The van der Waals surface area contributed by atoms with E-state index in [9.17, 15) is 0 Å². The van der Waals surface area contributed by atoms with Gasteiger partial charge in [-0.15, -0.1) is 0 Å². The first-order valence-electron chi connectivity index (χ1n) is 3.70. The molecule has 0 spiro atoms. The maximum Gasteiger partial charge on any atom is 0.249 e. The third-order valence-corrected chi connectivity index (χ3v) is 4.08. The van der Waals surface area contributed by atoms with E-state index >= 15 is 0 Å². The zero-order valence-electron chi connectivity index (χ0n) is 7.08. The van der Waals surface area contributed by atoms with Crippen LogP contribution < -0.4 is 9.47 Å². The van der Waals surface area contributed by atoms with Crippen LogP contribution in [0.5, 0.6) is 11.5 Å². The summed E-state index contributed by atoms with van der Waals surface area (Å²) in [5, 5.41) is -0.117. The molecule has 0 N–H and O–H groups in total. The number of hydrogen-bond donors (Lipinski definition) is 0. The predicted molar refractivity (Wildman–Crippen MR) is 66.5 cm³/mol. The molecule has 1 aromatic rings. The van der Waals surface area contributed by atoms with Crippen molar-refractivity contribution in [2.24, 2.45) is 0 Å². The first kappa shape index (κ1) is 12.7. The van der Waals surface area contributed by atoms with Crippen molar-refractivity contribution in [1.29, 1.82) is 0 Å². The largest absolute Gasteiger partial charge is 0.435 e. The van der Waals surface area contributed by atoms with E-state index in [4.69, 9.17) is 79.1 Å². The van der Waals surface area contributed by atoms with Crippen LogP contribution in [0.15, 0.2) is 10.4 Å². The molecule has 0 radical (unpaired) electrons. The molecule has 0 fully saturated rings. The van der Waals surface area contributed by atoms with Crippen molar-refractivity contribution < 1.29 is 9.47 Å². The lowest BCUT2D eigenvalue weighted by molar-refractivity contribution is 0.338. The van der Waals surface area contributed by atoms with Crippen molar-refractivity contribution >= 4 is 69.6 Å². The normalized spacial score (nSPS) is 14.4. The van der Waals surface area contributed by atoms with Crippen LogP contribution in [-0.4, -0.2) is 0 Å². The molecule has 1 heterocycles. The maximum absolute atomic E-state index is 5.90. The maximum atomic E-state index is 5.90. The lowest BCUT2D eigenvalue weighted by Gasteiger charge is -2.20. The Morgan fingerprint density at radius 1 is 0.500 bits per heavy atom. The van der Waals surface area contributed by atoms with Crippen molar-refractivity contribution in [3.63, 3.8) is 0 Å². The van der Waals surface area contributed by atoms with E-state index in [0.717, 1.165) is 0 Å². The summed E-state index contributed by atoms with van der Waals surface area (Å²) in [4.78, 5) is 0. The van der Waals surface area contributed by atoms with Gasteiger partial charge in [-0.25, -0.2) is 0 Å². The highest BCUT2D eigenvalue weighted by Gasteiger charge is 2.29. The molecule has 0 atom stereocenters. The first-order chi connectivity index (χ1) is 7.43. The van der Waals surface area contributed by atoms with Crippen molar-refractivity contribution in [3.8, 4) is 11.5 Å². The van der Waals surface area contributed by atoms with Crippen molar-refractivity contribution in [1.82, 2.24) is 0 Å². The van der Waals surface area contributed by atoms with E-state index in [2.05, 4.69) is 0 Å². The summed E-state index contributed by atoms with van der Waals surface area (Å²) in [5.74, 6) is 0.158. The first-order valence-corrected chi connectivity index (χ1v) is 5.97. The molecular weight excluding hydrogens is 341 g/mol. The van der Waals surface area contributed by atoms with Gasteiger partial charge in [0.15, 0.2) is 11.5 Å². The van der Waals surface area contributed by atoms with Crippen molar-refractivity contribution in [2.75, 3.05) is 0 Å². The second kappa shape index (κ2) is 4.52. The SMILES string of the molecule is ClC1=C(Cl)Oc2c(Cl)c(Cl)c(Cl)c(Cl)c2O1. The Balaban J connectivity index is 2.70. The van der Waals surface area contributed by atoms with Gasteiger partial charge < -0.3 is 9.47 Å². The minimum atomic E-state index is -0.162. The molecule has 2 rings (SSSR count). The van der Waals surface area contributed by atoms with Crippen LogP contribution in [-0.2, 0) is 0 Å². The van der Waals surface area contributed by atoms with Gasteiger partial charge >= 0.3 is 0 Å².